The van der Waals surface area contributed by atoms with E-state index in [9.17, 15) is 4.79 Å². The fourth-order valence-corrected chi connectivity index (χ4v) is 2.74. The van der Waals surface area contributed by atoms with Crippen LogP contribution in [0.2, 0.25) is 0 Å². The minimum atomic E-state index is 0.0130. The summed E-state index contributed by atoms with van der Waals surface area (Å²) >= 11 is 0. The Morgan fingerprint density at radius 1 is 1.42 bits per heavy atom. The first-order valence-electron chi connectivity index (χ1n) is 8.02. The topological polar surface area (TPSA) is 86.8 Å². The summed E-state index contributed by atoms with van der Waals surface area (Å²) in [6.07, 6.45) is 0. The number of carbonyl (C=O) groups is 1. The maximum absolute atomic E-state index is 12.1. The Morgan fingerprint density at radius 3 is 3.00 bits per heavy atom. The second-order valence-electron chi connectivity index (χ2n) is 6.14. The molecule has 7 heteroatoms. The van der Waals surface area contributed by atoms with Crippen molar-refractivity contribution >= 4 is 11.7 Å². The highest BCUT2D eigenvalue weighted by Gasteiger charge is 2.23. The zero-order valence-corrected chi connectivity index (χ0v) is 13.9. The van der Waals surface area contributed by atoms with E-state index >= 15 is 0 Å². The summed E-state index contributed by atoms with van der Waals surface area (Å²) in [7, 11) is 0. The van der Waals surface area contributed by atoms with Crippen molar-refractivity contribution in [1.82, 2.24) is 19.7 Å². The minimum absolute atomic E-state index is 0.0130. The Hall–Kier alpha value is -2.88. The van der Waals surface area contributed by atoms with Crippen LogP contribution < -0.4 is 5.32 Å². The smallest absolute Gasteiger partial charge is 0.225 e. The number of anilines is 1. The van der Waals surface area contributed by atoms with Crippen molar-refractivity contribution in [3.8, 4) is 6.07 Å². The molecule has 2 aromatic rings. The van der Waals surface area contributed by atoms with Gasteiger partial charge in [0.2, 0.25) is 5.91 Å². The van der Waals surface area contributed by atoms with Crippen LogP contribution in [0.4, 0.5) is 5.82 Å². The van der Waals surface area contributed by atoms with Crippen molar-refractivity contribution in [3.63, 3.8) is 0 Å². The van der Waals surface area contributed by atoms with Crippen LogP contribution in [-0.4, -0.2) is 32.1 Å². The van der Waals surface area contributed by atoms with Crippen molar-refractivity contribution in [2.45, 2.75) is 33.5 Å². The van der Waals surface area contributed by atoms with Crippen molar-refractivity contribution in [2.24, 2.45) is 5.92 Å². The van der Waals surface area contributed by atoms with Gasteiger partial charge < -0.3 is 10.2 Å². The standard InChI is InChI=1S/C17H20N6O/c1-12(2)17(24)22-6-7-23-15(11-22)8-14(21-23)10-19-16-5-3-4-13(9-18)20-16/h3-5,8,12H,6-7,10-11H2,1-2H3,(H,19,20). The van der Waals surface area contributed by atoms with Gasteiger partial charge in [-0.15, -0.1) is 0 Å². The van der Waals surface area contributed by atoms with E-state index in [4.69, 9.17) is 5.26 Å². The molecule has 3 rings (SSSR count). The predicted molar refractivity (Wildman–Crippen MR) is 88.8 cm³/mol. The number of aromatic nitrogens is 3. The molecule has 0 saturated heterocycles. The molecule has 7 nitrogen and oxygen atoms in total. The summed E-state index contributed by atoms with van der Waals surface area (Å²) in [6, 6.07) is 9.32. The lowest BCUT2D eigenvalue weighted by Gasteiger charge is -2.29. The lowest BCUT2D eigenvalue weighted by molar-refractivity contribution is -0.136. The number of pyridine rings is 1. The Morgan fingerprint density at radius 2 is 2.25 bits per heavy atom. The Balaban J connectivity index is 1.65. The van der Waals surface area contributed by atoms with Crippen molar-refractivity contribution in [2.75, 3.05) is 11.9 Å². The summed E-state index contributed by atoms with van der Waals surface area (Å²) in [4.78, 5) is 18.2. The number of hydrogen-bond donors (Lipinski definition) is 1. The van der Waals surface area contributed by atoms with Crippen LogP contribution in [0, 0.1) is 17.2 Å². The van der Waals surface area contributed by atoms with Crippen LogP contribution in [0.15, 0.2) is 24.3 Å². The third-order valence-electron chi connectivity index (χ3n) is 3.97. The molecule has 0 bridgehead atoms. The molecular weight excluding hydrogens is 304 g/mol. The fraction of sp³-hybridized carbons (Fsp3) is 0.412. The molecule has 0 aliphatic carbocycles. The second kappa shape index (κ2) is 6.71. The number of nitrogens with one attached hydrogen (secondary N) is 1. The third kappa shape index (κ3) is 3.38. The molecule has 0 radical (unpaired) electrons. The van der Waals surface area contributed by atoms with Crippen LogP contribution in [-0.2, 0) is 24.4 Å². The number of nitriles is 1. The number of amides is 1. The Kier molecular flexibility index (Phi) is 4.47. The molecule has 24 heavy (non-hydrogen) atoms. The fourth-order valence-electron chi connectivity index (χ4n) is 2.74. The molecule has 3 heterocycles. The van der Waals surface area contributed by atoms with Gasteiger partial charge in [0.1, 0.15) is 17.6 Å². The number of fused-ring (bicyclic) bond motifs is 1. The van der Waals surface area contributed by atoms with Crippen molar-refractivity contribution < 1.29 is 4.79 Å². The minimum Gasteiger partial charge on any atom is -0.364 e. The molecule has 0 fully saturated rings. The highest BCUT2D eigenvalue weighted by atomic mass is 16.2. The van der Waals surface area contributed by atoms with Gasteiger partial charge in [-0.1, -0.05) is 19.9 Å². The lowest BCUT2D eigenvalue weighted by atomic mass is 10.1. The summed E-state index contributed by atoms with van der Waals surface area (Å²) < 4.78 is 1.96. The molecule has 1 aliphatic rings. The van der Waals surface area contributed by atoms with Crippen LogP contribution in [0.5, 0.6) is 0 Å². The molecule has 1 aliphatic heterocycles. The van der Waals surface area contributed by atoms with Gasteiger partial charge in [0.25, 0.3) is 0 Å². The summed E-state index contributed by atoms with van der Waals surface area (Å²) in [5.41, 5.74) is 2.32. The van der Waals surface area contributed by atoms with Gasteiger partial charge in [-0.2, -0.15) is 10.4 Å². The average molecular weight is 324 g/mol. The van der Waals surface area contributed by atoms with Crippen LogP contribution in [0.3, 0.4) is 0 Å². The van der Waals surface area contributed by atoms with E-state index in [0.29, 0.717) is 31.1 Å². The molecule has 124 valence electrons. The first-order valence-corrected chi connectivity index (χ1v) is 8.02. The molecular formula is C17H20N6O. The van der Waals surface area contributed by atoms with E-state index in [2.05, 4.69) is 15.4 Å². The van der Waals surface area contributed by atoms with Crippen LogP contribution in [0.1, 0.15) is 30.9 Å². The molecule has 0 saturated carbocycles. The van der Waals surface area contributed by atoms with E-state index in [1.54, 1.807) is 12.1 Å². The quantitative estimate of drug-likeness (QED) is 0.926. The van der Waals surface area contributed by atoms with Gasteiger partial charge in [0, 0.05) is 12.5 Å². The first kappa shape index (κ1) is 16.0. The van der Waals surface area contributed by atoms with E-state index in [0.717, 1.165) is 17.9 Å². The highest BCUT2D eigenvalue weighted by molar-refractivity contribution is 5.78. The van der Waals surface area contributed by atoms with E-state index < -0.39 is 0 Å². The molecule has 1 N–H and O–H groups in total. The van der Waals surface area contributed by atoms with Crippen molar-refractivity contribution in [1.29, 1.82) is 5.26 Å². The van der Waals surface area contributed by atoms with E-state index in [-0.39, 0.29) is 11.8 Å². The summed E-state index contributed by atoms with van der Waals surface area (Å²) in [5.74, 6) is 0.843. The normalized spacial score (nSPS) is 13.5. The number of hydrogen-bond acceptors (Lipinski definition) is 5. The van der Waals surface area contributed by atoms with Gasteiger partial charge >= 0.3 is 0 Å². The number of carbonyl (C=O) groups excluding carboxylic acids is 1. The van der Waals surface area contributed by atoms with E-state index in [1.807, 2.05) is 41.6 Å². The molecule has 0 spiro atoms. The van der Waals surface area contributed by atoms with E-state index in [1.165, 1.54) is 0 Å². The van der Waals surface area contributed by atoms with Gasteiger partial charge in [-0.3, -0.25) is 9.48 Å². The zero-order valence-electron chi connectivity index (χ0n) is 13.9. The molecule has 0 unspecified atom stereocenters. The molecule has 2 aromatic heterocycles. The largest absolute Gasteiger partial charge is 0.364 e. The summed E-state index contributed by atoms with van der Waals surface area (Å²) in [6.45, 7) is 6.39. The van der Waals surface area contributed by atoms with Crippen LogP contribution >= 0.6 is 0 Å². The maximum atomic E-state index is 12.1. The van der Waals surface area contributed by atoms with Gasteiger partial charge in [0.15, 0.2) is 0 Å². The monoisotopic (exact) mass is 324 g/mol. The van der Waals surface area contributed by atoms with Gasteiger partial charge in [0.05, 0.1) is 31.0 Å². The highest BCUT2D eigenvalue weighted by Crippen LogP contribution is 2.16. The molecule has 0 aromatic carbocycles. The number of rotatable bonds is 4. The molecule has 0 atom stereocenters. The predicted octanol–water partition coefficient (Wildman–Crippen LogP) is 1.76. The first-order chi connectivity index (χ1) is 11.6. The van der Waals surface area contributed by atoms with Gasteiger partial charge in [-0.05, 0) is 18.2 Å². The van der Waals surface area contributed by atoms with Gasteiger partial charge in [-0.25, -0.2) is 4.98 Å². The Bertz CT molecular complexity index is 789. The van der Waals surface area contributed by atoms with Crippen molar-refractivity contribution in [3.05, 3.63) is 41.3 Å². The number of nitrogens with zero attached hydrogens (tertiary/aromatic N) is 5. The lowest BCUT2D eigenvalue weighted by Crippen LogP contribution is -2.40. The second-order valence-corrected chi connectivity index (χ2v) is 6.14. The Labute approximate surface area is 140 Å². The summed E-state index contributed by atoms with van der Waals surface area (Å²) in [5, 5.41) is 16.6. The zero-order chi connectivity index (χ0) is 17.1. The maximum Gasteiger partial charge on any atom is 0.225 e. The third-order valence-corrected chi connectivity index (χ3v) is 3.97. The van der Waals surface area contributed by atoms with Crippen LogP contribution in [0.25, 0.3) is 0 Å². The average Bonchev–Trinajstić information content (AvgIpc) is 3.01. The SMILES string of the molecule is CC(C)C(=O)N1CCn2nc(CNc3cccc(C#N)n3)cc2C1. The molecule has 1 amide bonds.